The number of unbranched alkanes of at least 4 members (excludes halogenated alkanes) is 29. The second kappa shape index (κ2) is 43.0. The second-order valence-corrected chi connectivity index (χ2v) is 18.1. The summed E-state index contributed by atoms with van der Waals surface area (Å²) in [6, 6.07) is 0. The standard InChI is InChI=1S/C50H96O6/c1-6-7-8-28-35-40-48(51)54-43-47(56-50(53)42-37-32-27-23-19-15-14-17-21-25-30-34-39-46(4)5)44-55-49(52)41-36-31-26-22-18-13-11-9-10-12-16-20-24-29-33-38-45(2)3/h45-47H,6-44H2,1-5H3/t47-/m0/s1. The van der Waals surface area contributed by atoms with Gasteiger partial charge < -0.3 is 14.2 Å². The Hall–Kier alpha value is -1.59. The maximum absolute atomic E-state index is 12.7. The lowest BCUT2D eigenvalue weighted by molar-refractivity contribution is -0.167. The normalized spacial score (nSPS) is 12.1. The highest BCUT2D eigenvalue weighted by atomic mass is 16.6. The lowest BCUT2D eigenvalue weighted by atomic mass is 10.0. The van der Waals surface area contributed by atoms with Gasteiger partial charge in [0.15, 0.2) is 6.10 Å². The SMILES string of the molecule is CCCCCCCC(=O)OC[C@@H](COC(=O)CCCCCCCCCCCCCCCCCC(C)C)OC(=O)CCCCCCCCCCCCCCC(C)C. The smallest absolute Gasteiger partial charge is 0.306 e. The number of rotatable bonds is 44. The van der Waals surface area contributed by atoms with Crippen molar-refractivity contribution in [2.24, 2.45) is 11.8 Å². The first-order valence-electron chi connectivity index (χ1n) is 24.7. The lowest BCUT2D eigenvalue weighted by Crippen LogP contribution is -2.30. The predicted molar refractivity (Wildman–Crippen MR) is 238 cm³/mol. The summed E-state index contributed by atoms with van der Waals surface area (Å²) in [5.74, 6) is 0.816. The molecule has 0 aromatic carbocycles. The zero-order valence-corrected chi connectivity index (χ0v) is 38.3. The minimum Gasteiger partial charge on any atom is -0.462 e. The number of ether oxygens (including phenoxy) is 3. The molecule has 0 fully saturated rings. The van der Waals surface area contributed by atoms with Crippen molar-refractivity contribution >= 4 is 17.9 Å². The fourth-order valence-corrected chi connectivity index (χ4v) is 7.46. The molecule has 6 heteroatoms. The molecule has 332 valence electrons. The van der Waals surface area contributed by atoms with E-state index in [9.17, 15) is 14.4 Å². The molecule has 56 heavy (non-hydrogen) atoms. The summed E-state index contributed by atoms with van der Waals surface area (Å²) in [5.41, 5.74) is 0. The topological polar surface area (TPSA) is 78.9 Å². The first kappa shape index (κ1) is 54.4. The highest BCUT2D eigenvalue weighted by Gasteiger charge is 2.19. The first-order chi connectivity index (χ1) is 27.2. The average molecular weight is 793 g/mol. The molecule has 0 radical (unpaired) electrons. The number of hydrogen-bond donors (Lipinski definition) is 0. The van der Waals surface area contributed by atoms with Crippen LogP contribution in [0.1, 0.15) is 272 Å². The summed E-state index contributed by atoms with van der Waals surface area (Å²) in [6.45, 7) is 11.3. The van der Waals surface area contributed by atoms with E-state index in [1.807, 2.05) is 0 Å². The van der Waals surface area contributed by atoms with E-state index in [1.54, 1.807) is 0 Å². The van der Waals surface area contributed by atoms with Crippen LogP contribution in [0.3, 0.4) is 0 Å². The van der Waals surface area contributed by atoms with Gasteiger partial charge in [0.2, 0.25) is 0 Å². The van der Waals surface area contributed by atoms with E-state index in [0.717, 1.165) is 76.0 Å². The van der Waals surface area contributed by atoms with Crippen molar-refractivity contribution in [2.45, 2.75) is 278 Å². The molecule has 0 amide bonds. The van der Waals surface area contributed by atoms with Crippen LogP contribution in [0, 0.1) is 11.8 Å². The van der Waals surface area contributed by atoms with Crippen molar-refractivity contribution in [3.05, 3.63) is 0 Å². The Morgan fingerprint density at radius 3 is 0.875 bits per heavy atom. The molecule has 0 unspecified atom stereocenters. The minimum atomic E-state index is -0.759. The predicted octanol–water partition coefficient (Wildman–Crippen LogP) is 15.8. The summed E-state index contributed by atoms with van der Waals surface area (Å²) < 4.78 is 16.7. The van der Waals surface area contributed by atoms with Crippen molar-refractivity contribution in [1.82, 2.24) is 0 Å². The van der Waals surface area contributed by atoms with E-state index in [4.69, 9.17) is 14.2 Å². The van der Waals surface area contributed by atoms with Gasteiger partial charge in [-0.25, -0.2) is 0 Å². The van der Waals surface area contributed by atoms with Gasteiger partial charge in [-0.3, -0.25) is 14.4 Å². The molecule has 6 nitrogen and oxygen atoms in total. The molecule has 1 atom stereocenters. The maximum Gasteiger partial charge on any atom is 0.306 e. The van der Waals surface area contributed by atoms with Crippen LogP contribution in [-0.2, 0) is 28.6 Å². The third kappa shape index (κ3) is 43.5. The zero-order valence-electron chi connectivity index (χ0n) is 38.3. The van der Waals surface area contributed by atoms with E-state index in [-0.39, 0.29) is 31.1 Å². The Morgan fingerprint density at radius 1 is 0.339 bits per heavy atom. The minimum absolute atomic E-state index is 0.0649. The molecule has 0 aliphatic carbocycles. The number of carbonyl (C=O) groups excluding carboxylic acids is 3. The van der Waals surface area contributed by atoms with Crippen LogP contribution in [0.25, 0.3) is 0 Å². The number of carbonyl (C=O) groups is 3. The quantitative estimate of drug-likeness (QED) is 0.0347. The Labute approximate surface area is 348 Å². The molecule has 0 aliphatic rings. The van der Waals surface area contributed by atoms with Crippen LogP contribution in [0.2, 0.25) is 0 Å². The molecule has 0 aromatic rings. The van der Waals surface area contributed by atoms with Gasteiger partial charge in [-0.05, 0) is 31.1 Å². The fraction of sp³-hybridized carbons (Fsp3) is 0.940. The lowest BCUT2D eigenvalue weighted by Gasteiger charge is -2.18. The molecule has 0 bridgehead atoms. The van der Waals surface area contributed by atoms with Crippen LogP contribution in [-0.4, -0.2) is 37.2 Å². The van der Waals surface area contributed by atoms with Gasteiger partial charge in [-0.2, -0.15) is 0 Å². The molecular weight excluding hydrogens is 697 g/mol. The summed E-state index contributed by atoms with van der Waals surface area (Å²) in [7, 11) is 0. The third-order valence-electron chi connectivity index (χ3n) is 11.2. The van der Waals surface area contributed by atoms with Gasteiger partial charge in [0.1, 0.15) is 13.2 Å². The summed E-state index contributed by atoms with van der Waals surface area (Å²) in [5, 5.41) is 0. The molecule has 0 saturated carbocycles. The van der Waals surface area contributed by atoms with Gasteiger partial charge in [-0.15, -0.1) is 0 Å². The molecule has 0 N–H and O–H groups in total. The van der Waals surface area contributed by atoms with Crippen molar-refractivity contribution in [2.75, 3.05) is 13.2 Å². The monoisotopic (exact) mass is 793 g/mol. The number of esters is 3. The van der Waals surface area contributed by atoms with Crippen LogP contribution in [0.15, 0.2) is 0 Å². The van der Waals surface area contributed by atoms with E-state index in [0.29, 0.717) is 19.3 Å². The van der Waals surface area contributed by atoms with Gasteiger partial charge in [0.25, 0.3) is 0 Å². The van der Waals surface area contributed by atoms with Crippen LogP contribution < -0.4 is 0 Å². The molecule has 0 aromatic heterocycles. The van der Waals surface area contributed by atoms with Gasteiger partial charge in [0.05, 0.1) is 0 Å². The second-order valence-electron chi connectivity index (χ2n) is 18.1. The Bertz CT molecular complexity index is 854. The summed E-state index contributed by atoms with van der Waals surface area (Å²) in [6.07, 6.45) is 42.6. The van der Waals surface area contributed by atoms with Gasteiger partial charge in [0, 0.05) is 19.3 Å². The number of hydrogen-bond acceptors (Lipinski definition) is 6. The van der Waals surface area contributed by atoms with Crippen molar-refractivity contribution < 1.29 is 28.6 Å². The molecule has 0 saturated heterocycles. The van der Waals surface area contributed by atoms with Crippen LogP contribution in [0.5, 0.6) is 0 Å². The van der Waals surface area contributed by atoms with E-state index < -0.39 is 6.10 Å². The highest BCUT2D eigenvalue weighted by molar-refractivity contribution is 5.71. The van der Waals surface area contributed by atoms with E-state index >= 15 is 0 Å². The molecule has 0 heterocycles. The molecule has 0 aliphatic heterocycles. The Morgan fingerprint density at radius 2 is 0.589 bits per heavy atom. The summed E-state index contributed by atoms with van der Waals surface area (Å²) >= 11 is 0. The summed E-state index contributed by atoms with van der Waals surface area (Å²) in [4.78, 5) is 37.6. The largest absolute Gasteiger partial charge is 0.462 e. The van der Waals surface area contributed by atoms with Crippen molar-refractivity contribution in [1.29, 1.82) is 0 Å². The first-order valence-corrected chi connectivity index (χ1v) is 24.7. The molecular formula is C50H96O6. The van der Waals surface area contributed by atoms with Crippen molar-refractivity contribution in [3.8, 4) is 0 Å². The zero-order chi connectivity index (χ0) is 41.2. The van der Waals surface area contributed by atoms with Crippen LogP contribution >= 0.6 is 0 Å². The average Bonchev–Trinajstić information content (AvgIpc) is 3.16. The van der Waals surface area contributed by atoms with Crippen molar-refractivity contribution in [3.63, 3.8) is 0 Å². The third-order valence-corrected chi connectivity index (χ3v) is 11.2. The fourth-order valence-electron chi connectivity index (χ4n) is 7.46. The van der Waals surface area contributed by atoms with Crippen LogP contribution in [0.4, 0.5) is 0 Å². The highest BCUT2D eigenvalue weighted by Crippen LogP contribution is 2.17. The Kier molecular flexibility index (Phi) is 41.8. The molecule has 0 spiro atoms. The van der Waals surface area contributed by atoms with Gasteiger partial charge in [-0.1, -0.05) is 234 Å². The maximum atomic E-state index is 12.7. The van der Waals surface area contributed by atoms with E-state index in [1.165, 1.54) is 154 Å². The molecule has 0 rings (SSSR count). The van der Waals surface area contributed by atoms with E-state index in [2.05, 4.69) is 34.6 Å². The Balaban J connectivity index is 4.12. The van der Waals surface area contributed by atoms with Gasteiger partial charge >= 0.3 is 17.9 Å².